The predicted molar refractivity (Wildman–Crippen MR) is 94.5 cm³/mol. The Balaban J connectivity index is 1.48. The van der Waals surface area contributed by atoms with Crippen LogP contribution in [0, 0.1) is 6.92 Å². The van der Waals surface area contributed by atoms with Crippen molar-refractivity contribution in [3.05, 3.63) is 41.5 Å². The molecule has 0 spiro atoms. The Morgan fingerprint density at radius 2 is 2.32 bits per heavy atom. The minimum Gasteiger partial charge on any atom is -0.494 e. The lowest BCUT2D eigenvalue weighted by Gasteiger charge is -2.23. The Bertz CT molecular complexity index is 728. The first-order valence-electron chi connectivity index (χ1n) is 8.79. The third-order valence-electron chi connectivity index (χ3n) is 4.37. The first-order valence-corrected chi connectivity index (χ1v) is 8.79. The highest BCUT2D eigenvalue weighted by Crippen LogP contribution is 2.17. The fourth-order valence-corrected chi connectivity index (χ4v) is 2.94. The van der Waals surface area contributed by atoms with Gasteiger partial charge in [-0.3, -0.25) is 0 Å². The van der Waals surface area contributed by atoms with E-state index in [1.165, 1.54) is 0 Å². The maximum atomic E-state index is 12.2. The molecule has 1 aromatic heterocycles. The molecule has 2 aromatic rings. The molecule has 2 amide bonds. The number of amides is 2. The van der Waals surface area contributed by atoms with Gasteiger partial charge in [0, 0.05) is 13.0 Å². The summed E-state index contributed by atoms with van der Waals surface area (Å²) in [5.41, 5.74) is 2.19. The monoisotopic (exact) mass is 343 g/mol. The van der Waals surface area contributed by atoms with Gasteiger partial charge in [-0.25, -0.2) is 14.5 Å². The van der Waals surface area contributed by atoms with E-state index in [4.69, 9.17) is 4.74 Å². The molecule has 1 aliphatic rings. The topological polar surface area (TPSA) is 81.1 Å². The summed E-state index contributed by atoms with van der Waals surface area (Å²) in [4.78, 5) is 16.4. The van der Waals surface area contributed by atoms with Crippen LogP contribution in [-0.4, -0.2) is 33.4 Å². The molecule has 0 bridgehead atoms. The van der Waals surface area contributed by atoms with Gasteiger partial charge >= 0.3 is 6.03 Å². The number of ether oxygens (including phenoxy) is 1. The van der Waals surface area contributed by atoms with Crippen molar-refractivity contribution in [3.8, 4) is 5.75 Å². The van der Waals surface area contributed by atoms with Crippen LogP contribution in [0.2, 0.25) is 0 Å². The van der Waals surface area contributed by atoms with Crippen molar-refractivity contribution in [2.24, 2.45) is 0 Å². The fourth-order valence-electron chi connectivity index (χ4n) is 2.94. The number of carbonyl (C=O) groups is 1. The van der Waals surface area contributed by atoms with Crippen molar-refractivity contribution < 1.29 is 9.53 Å². The highest BCUT2D eigenvalue weighted by atomic mass is 16.5. The van der Waals surface area contributed by atoms with E-state index in [-0.39, 0.29) is 12.1 Å². The number of aryl methyl sites for hydroxylation is 2. The van der Waals surface area contributed by atoms with E-state index in [2.05, 4.69) is 27.6 Å². The van der Waals surface area contributed by atoms with Crippen molar-refractivity contribution in [1.82, 2.24) is 25.4 Å². The van der Waals surface area contributed by atoms with Gasteiger partial charge in [0.15, 0.2) is 0 Å². The molecule has 2 N–H and O–H groups in total. The SMILES string of the molecule is CCCOc1ccc(CNC(=O)N[C@@H]2CCc3ncnn3C2)c(C)c1. The largest absolute Gasteiger partial charge is 0.494 e. The van der Waals surface area contributed by atoms with E-state index >= 15 is 0 Å². The molecule has 25 heavy (non-hydrogen) atoms. The maximum Gasteiger partial charge on any atom is 0.315 e. The van der Waals surface area contributed by atoms with Gasteiger partial charge < -0.3 is 15.4 Å². The van der Waals surface area contributed by atoms with E-state index in [1.807, 2.05) is 29.8 Å². The number of carbonyl (C=O) groups excluding carboxylic acids is 1. The zero-order valence-electron chi connectivity index (χ0n) is 14.8. The highest BCUT2D eigenvalue weighted by molar-refractivity contribution is 5.74. The van der Waals surface area contributed by atoms with Gasteiger partial charge in [-0.1, -0.05) is 13.0 Å². The quantitative estimate of drug-likeness (QED) is 0.842. The Morgan fingerprint density at radius 1 is 1.44 bits per heavy atom. The van der Waals surface area contributed by atoms with Gasteiger partial charge in [0.2, 0.25) is 0 Å². The molecule has 0 saturated heterocycles. The minimum atomic E-state index is -0.153. The van der Waals surface area contributed by atoms with Crippen LogP contribution < -0.4 is 15.4 Å². The summed E-state index contributed by atoms with van der Waals surface area (Å²) < 4.78 is 7.48. The van der Waals surface area contributed by atoms with Crippen LogP contribution in [0.5, 0.6) is 5.75 Å². The summed E-state index contributed by atoms with van der Waals surface area (Å²) in [6.45, 7) is 5.99. The summed E-state index contributed by atoms with van der Waals surface area (Å²) in [7, 11) is 0. The number of nitrogens with one attached hydrogen (secondary N) is 2. The molecule has 7 heteroatoms. The molecule has 0 saturated carbocycles. The molecule has 3 rings (SSSR count). The van der Waals surface area contributed by atoms with E-state index in [0.717, 1.165) is 42.0 Å². The highest BCUT2D eigenvalue weighted by Gasteiger charge is 2.21. The van der Waals surface area contributed by atoms with E-state index in [0.29, 0.717) is 19.7 Å². The number of aromatic nitrogens is 3. The van der Waals surface area contributed by atoms with Crippen molar-refractivity contribution in [2.75, 3.05) is 6.61 Å². The molecular formula is C18H25N5O2. The summed E-state index contributed by atoms with van der Waals surface area (Å²) >= 11 is 0. The van der Waals surface area contributed by atoms with Gasteiger partial charge in [-0.15, -0.1) is 0 Å². The van der Waals surface area contributed by atoms with Gasteiger partial charge in [0.05, 0.1) is 19.2 Å². The molecule has 7 nitrogen and oxygen atoms in total. The Hall–Kier alpha value is -2.57. The predicted octanol–water partition coefficient (Wildman–Crippen LogP) is 2.19. The van der Waals surface area contributed by atoms with Crippen LogP contribution in [0.3, 0.4) is 0 Å². The lowest BCUT2D eigenvalue weighted by atomic mass is 10.1. The molecule has 1 aliphatic heterocycles. The second-order valence-electron chi connectivity index (χ2n) is 6.36. The standard InChI is InChI=1S/C18H25N5O2/c1-3-8-25-16-6-4-14(13(2)9-16)10-19-18(24)22-15-5-7-17-20-12-21-23(17)11-15/h4,6,9,12,15H,3,5,7-8,10-11H2,1-2H3,(H2,19,22,24)/t15-/m1/s1. The average molecular weight is 343 g/mol. The molecule has 2 heterocycles. The lowest BCUT2D eigenvalue weighted by molar-refractivity contribution is 0.231. The number of urea groups is 1. The van der Waals surface area contributed by atoms with Crippen LogP contribution in [-0.2, 0) is 19.5 Å². The van der Waals surface area contributed by atoms with Gasteiger partial charge in [0.1, 0.15) is 17.9 Å². The zero-order chi connectivity index (χ0) is 17.6. The summed E-state index contributed by atoms with van der Waals surface area (Å²) in [5.74, 6) is 1.86. The number of rotatable bonds is 6. The molecule has 0 fully saturated rings. The summed E-state index contributed by atoms with van der Waals surface area (Å²) in [6, 6.07) is 5.89. The number of nitrogens with zero attached hydrogens (tertiary/aromatic N) is 3. The van der Waals surface area contributed by atoms with Crippen LogP contribution in [0.15, 0.2) is 24.5 Å². The average Bonchev–Trinajstić information content (AvgIpc) is 3.07. The normalized spacial score (nSPS) is 16.2. The number of fused-ring (bicyclic) bond motifs is 1. The molecule has 0 aliphatic carbocycles. The van der Waals surface area contributed by atoms with Gasteiger partial charge in [0.25, 0.3) is 0 Å². The number of hydrogen-bond acceptors (Lipinski definition) is 4. The van der Waals surface area contributed by atoms with Crippen molar-refractivity contribution in [3.63, 3.8) is 0 Å². The Morgan fingerprint density at radius 3 is 3.12 bits per heavy atom. The van der Waals surface area contributed by atoms with Crippen molar-refractivity contribution in [2.45, 2.75) is 52.2 Å². The van der Waals surface area contributed by atoms with Crippen molar-refractivity contribution >= 4 is 6.03 Å². The van der Waals surface area contributed by atoms with E-state index in [9.17, 15) is 4.79 Å². The minimum absolute atomic E-state index is 0.0834. The molecule has 1 aromatic carbocycles. The summed E-state index contributed by atoms with van der Waals surface area (Å²) in [6.07, 6.45) is 4.27. The van der Waals surface area contributed by atoms with Crippen LogP contribution in [0.4, 0.5) is 4.79 Å². The number of benzene rings is 1. The molecule has 134 valence electrons. The second-order valence-corrected chi connectivity index (χ2v) is 6.36. The van der Waals surface area contributed by atoms with E-state index < -0.39 is 0 Å². The zero-order valence-corrected chi connectivity index (χ0v) is 14.8. The Kier molecular flexibility index (Phi) is 5.53. The third kappa shape index (κ3) is 4.49. The lowest BCUT2D eigenvalue weighted by Crippen LogP contribution is -2.45. The fraction of sp³-hybridized carbons (Fsp3) is 0.500. The maximum absolute atomic E-state index is 12.2. The molecule has 0 radical (unpaired) electrons. The van der Waals surface area contributed by atoms with Crippen LogP contribution in [0.25, 0.3) is 0 Å². The van der Waals surface area contributed by atoms with Gasteiger partial charge in [-0.05, 0) is 43.0 Å². The van der Waals surface area contributed by atoms with Gasteiger partial charge in [-0.2, -0.15) is 5.10 Å². The van der Waals surface area contributed by atoms with Crippen molar-refractivity contribution in [1.29, 1.82) is 0 Å². The smallest absolute Gasteiger partial charge is 0.315 e. The first kappa shape index (κ1) is 17.3. The molecular weight excluding hydrogens is 318 g/mol. The van der Waals surface area contributed by atoms with Crippen LogP contribution in [0.1, 0.15) is 36.7 Å². The molecule has 0 unspecified atom stereocenters. The van der Waals surface area contributed by atoms with E-state index in [1.54, 1.807) is 6.33 Å². The second kappa shape index (κ2) is 8.00. The molecule has 1 atom stereocenters. The van der Waals surface area contributed by atoms with Crippen LogP contribution >= 0.6 is 0 Å². The first-order chi connectivity index (χ1) is 12.2. The summed E-state index contributed by atoms with van der Waals surface area (Å²) in [5, 5.41) is 10.1. The third-order valence-corrected chi connectivity index (χ3v) is 4.37. The number of hydrogen-bond donors (Lipinski definition) is 2. The Labute approximate surface area is 147 Å².